The highest BCUT2D eigenvalue weighted by molar-refractivity contribution is 9.10. The number of pyridine rings is 1. The van der Waals surface area contributed by atoms with Gasteiger partial charge in [0.25, 0.3) is 5.91 Å². The minimum absolute atomic E-state index is 0.0677. The SMILES string of the molecule is C=C1C(c2ccnc(CC3(C(O)c4ccc(Br)cc4)NC(=O)NC3=O)c2)CC12C=C2. The number of aliphatic hydroxyl groups excluding tert-OH is 1. The lowest BCUT2D eigenvalue weighted by Crippen LogP contribution is -2.54. The van der Waals surface area contributed by atoms with Crippen molar-refractivity contribution in [2.45, 2.75) is 30.4 Å². The Bertz CT molecular complexity index is 1100. The van der Waals surface area contributed by atoms with Gasteiger partial charge in [0.05, 0.1) is 0 Å². The Hall–Kier alpha value is -2.77. The van der Waals surface area contributed by atoms with Gasteiger partial charge in [-0.15, -0.1) is 0 Å². The summed E-state index contributed by atoms with van der Waals surface area (Å²) in [7, 11) is 0. The highest BCUT2D eigenvalue weighted by atomic mass is 79.9. The van der Waals surface area contributed by atoms with Crippen molar-refractivity contribution in [1.29, 1.82) is 0 Å². The summed E-state index contributed by atoms with van der Waals surface area (Å²) >= 11 is 3.37. The molecule has 1 spiro atoms. The number of aliphatic hydroxyl groups is 1. The molecular weight excluding hydrogens is 446 g/mol. The van der Waals surface area contributed by atoms with E-state index in [1.165, 1.54) is 5.57 Å². The number of carbonyl (C=O) groups excluding carboxylic acids is 2. The van der Waals surface area contributed by atoms with E-state index in [0.29, 0.717) is 11.3 Å². The number of benzene rings is 1. The second-order valence-corrected chi connectivity index (χ2v) is 9.16. The number of halogens is 1. The molecule has 0 bridgehead atoms. The molecule has 5 rings (SSSR count). The van der Waals surface area contributed by atoms with E-state index in [1.54, 1.807) is 30.5 Å². The zero-order valence-corrected chi connectivity index (χ0v) is 17.6. The lowest BCUT2D eigenvalue weighted by molar-refractivity contribution is -0.128. The van der Waals surface area contributed by atoms with Crippen molar-refractivity contribution >= 4 is 27.9 Å². The van der Waals surface area contributed by atoms with E-state index in [0.717, 1.165) is 16.5 Å². The fourth-order valence-corrected chi connectivity index (χ4v) is 4.76. The molecule has 6 nitrogen and oxygen atoms in total. The first-order valence-electron chi connectivity index (χ1n) is 9.75. The van der Waals surface area contributed by atoms with Gasteiger partial charge >= 0.3 is 6.03 Å². The zero-order valence-electron chi connectivity index (χ0n) is 16.1. The maximum Gasteiger partial charge on any atom is 0.322 e. The molecule has 7 heteroatoms. The standard InChI is InChI=1S/C23H20BrN3O3/c1-13-18(12-22(13)7-8-22)15-6-9-25-17(10-15)11-23(20(29)26-21(30)27-23)19(28)14-2-4-16(24)5-3-14/h2-10,18-19,28H,1,11-12H2,(H2,26,27,29,30). The number of nitrogens with one attached hydrogen (secondary N) is 2. The largest absolute Gasteiger partial charge is 0.385 e. The Kier molecular flexibility index (Phi) is 4.24. The van der Waals surface area contributed by atoms with Gasteiger partial charge in [-0.1, -0.05) is 52.4 Å². The highest BCUT2D eigenvalue weighted by Crippen LogP contribution is 2.63. The second kappa shape index (κ2) is 6.62. The Morgan fingerprint density at radius 2 is 1.97 bits per heavy atom. The molecule has 30 heavy (non-hydrogen) atoms. The molecular formula is C23H20BrN3O3. The molecule has 3 unspecified atom stereocenters. The Morgan fingerprint density at radius 1 is 1.23 bits per heavy atom. The maximum atomic E-state index is 12.8. The van der Waals surface area contributed by atoms with Gasteiger partial charge in [0.2, 0.25) is 0 Å². The Labute approximate surface area is 182 Å². The summed E-state index contributed by atoms with van der Waals surface area (Å²) in [6, 6.07) is 10.3. The number of nitrogens with zero attached hydrogens (tertiary/aromatic N) is 1. The van der Waals surface area contributed by atoms with Gasteiger partial charge in [0.15, 0.2) is 5.54 Å². The second-order valence-electron chi connectivity index (χ2n) is 8.25. The molecule has 2 heterocycles. The number of urea groups is 1. The first kappa shape index (κ1) is 19.2. The van der Waals surface area contributed by atoms with Gasteiger partial charge in [-0.2, -0.15) is 0 Å². The summed E-state index contributed by atoms with van der Waals surface area (Å²) in [5, 5.41) is 16.1. The number of amides is 3. The van der Waals surface area contributed by atoms with Gasteiger partial charge in [0, 0.05) is 34.1 Å². The molecule has 1 saturated carbocycles. The third-order valence-electron chi connectivity index (χ3n) is 6.45. The van der Waals surface area contributed by atoms with E-state index < -0.39 is 23.6 Å². The topological polar surface area (TPSA) is 91.3 Å². The van der Waals surface area contributed by atoms with E-state index in [4.69, 9.17) is 0 Å². The van der Waals surface area contributed by atoms with Gasteiger partial charge < -0.3 is 10.4 Å². The smallest absolute Gasteiger partial charge is 0.322 e. The molecule has 1 saturated heterocycles. The summed E-state index contributed by atoms with van der Waals surface area (Å²) in [6.07, 6.45) is 5.89. The number of carbonyl (C=O) groups is 2. The Morgan fingerprint density at radius 3 is 2.57 bits per heavy atom. The molecule has 152 valence electrons. The fraction of sp³-hybridized carbons (Fsp3) is 0.261. The number of allylic oxidation sites excluding steroid dienone is 3. The monoisotopic (exact) mass is 465 g/mol. The molecule has 3 N–H and O–H groups in total. The Balaban J connectivity index is 1.45. The molecule has 3 aliphatic rings. The third-order valence-corrected chi connectivity index (χ3v) is 6.98. The minimum atomic E-state index is -1.54. The van der Waals surface area contributed by atoms with Gasteiger partial charge in [-0.05, 0) is 41.8 Å². The fourth-order valence-electron chi connectivity index (χ4n) is 4.50. The minimum Gasteiger partial charge on any atom is -0.385 e. The van der Waals surface area contributed by atoms with Crippen molar-refractivity contribution in [2.24, 2.45) is 5.41 Å². The van der Waals surface area contributed by atoms with Crippen LogP contribution in [0.4, 0.5) is 4.79 Å². The quantitative estimate of drug-likeness (QED) is 0.466. The van der Waals surface area contributed by atoms with Crippen LogP contribution in [0, 0.1) is 5.41 Å². The molecule has 1 aromatic carbocycles. The summed E-state index contributed by atoms with van der Waals surface area (Å²) < 4.78 is 0.852. The number of imide groups is 1. The van der Waals surface area contributed by atoms with Crippen LogP contribution in [0.25, 0.3) is 0 Å². The van der Waals surface area contributed by atoms with Crippen molar-refractivity contribution in [3.63, 3.8) is 0 Å². The van der Waals surface area contributed by atoms with Crippen LogP contribution in [0.5, 0.6) is 0 Å². The highest BCUT2D eigenvalue weighted by Gasteiger charge is 2.53. The zero-order chi connectivity index (χ0) is 21.1. The van der Waals surface area contributed by atoms with E-state index in [1.807, 2.05) is 12.1 Å². The van der Waals surface area contributed by atoms with Crippen molar-refractivity contribution < 1.29 is 14.7 Å². The number of rotatable bonds is 5. The average molecular weight is 466 g/mol. The lowest BCUT2D eigenvalue weighted by Gasteiger charge is -2.40. The van der Waals surface area contributed by atoms with Crippen LogP contribution in [0.3, 0.4) is 0 Å². The van der Waals surface area contributed by atoms with Gasteiger partial charge in [0.1, 0.15) is 6.10 Å². The van der Waals surface area contributed by atoms with E-state index in [2.05, 4.69) is 50.3 Å². The molecule has 2 aliphatic carbocycles. The maximum absolute atomic E-state index is 12.8. The van der Waals surface area contributed by atoms with Crippen LogP contribution in [0.2, 0.25) is 0 Å². The number of hydrogen-bond donors (Lipinski definition) is 3. The first-order valence-corrected chi connectivity index (χ1v) is 10.5. The third kappa shape index (κ3) is 2.92. The molecule has 0 radical (unpaired) electrons. The summed E-state index contributed by atoms with van der Waals surface area (Å²) in [6.45, 7) is 4.23. The van der Waals surface area contributed by atoms with Crippen molar-refractivity contribution in [1.82, 2.24) is 15.6 Å². The van der Waals surface area contributed by atoms with Crippen LogP contribution in [0.15, 0.2) is 71.4 Å². The molecule has 3 atom stereocenters. The summed E-state index contributed by atoms with van der Waals surface area (Å²) in [5.74, 6) is -0.314. The van der Waals surface area contributed by atoms with Crippen LogP contribution in [-0.4, -0.2) is 27.6 Å². The van der Waals surface area contributed by atoms with Crippen LogP contribution < -0.4 is 10.6 Å². The molecule has 2 aromatic rings. The van der Waals surface area contributed by atoms with Gasteiger partial charge in [-0.25, -0.2) is 4.79 Å². The van der Waals surface area contributed by atoms with Crippen molar-refractivity contribution in [3.8, 4) is 0 Å². The molecule has 1 aliphatic heterocycles. The van der Waals surface area contributed by atoms with Crippen molar-refractivity contribution in [2.75, 3.05) is 0 Å². The summed E-state index contributed by atoms with van der Waals surface area (Å²) in [5.41, 5.74) is 2.00. The molecule has 1 aromatic heterocycles. The lowest BCUT2D eigenvalue weighted by atomic mass is 9.63. The predicted octanol–water partition coefficient (Wildman–Crippen LogP) is 3.30. The van der Waals surface area contributed by atoms with E-state index in [-0.39, 0.29) is 17.8 Å². The van der Waals surface area contributed by atoms with E-state index >= 15 is 0 Å². The van der Waals surface area contributed by atoms with Gasteiger partial charge in [-0.3, -0.25) is 15.1 Å². The van der Waals surface area contributed by atoms with Crippen LogP contribution in [-0.2, 0) is 11.2 Å². The number of hydrogen-bond acceptors (Lipinski definition) is 4. The van der Waals surface area contributed by atoms with Crippen LogP contribution >= 0.6 is 15.9 Å². The number of aromatic nitrogens is 1. The predicted molar refractivity (Wildman–Crippen MR) is 115 cm³/mol. The normalized spacial score (nSPS) is 26.9. The van der Waals surface area contributed by atoms with Crippen LogP contribution in [0.1, 0.15) is 35.3 Å². The first-order chi connectivity index (χ1) is 14.3. The summed E-state index contributed by atoms with van der Waals surface area (Å²) in [4.78, 5) is 29.2. The van der Waals surface area contributed by atoms with E-state index in [9.17, 15) is 14.7 Å². The molecule has 2 fully saturated rings. The molecule has 3 amide bonds. The van der Waals surface area contributed by atoms with Crippen molar-refractivity contribution in [3.05, 3.63) is 88.2 Å². The average Bonchev–Trinajstić information content (AvgIpc) is 3.49.